The molecule has 2 aromatic heterocycles. The van der Waals surface area contributed by atoms with Gasteiger partial charge in [0.05, 0.1) is 34.5 Å². The van der Waals surface area contributed by atoms with E-state index in [4.69, 9.17) is 27.9 Å². The van der Waals surface area contributed by atoms with Crippen molar-refractivity contribution in [2.75, 3.05) is 20.3 Å². The quantitative estimate of drug-likeness (QED) is 0.691. The number of carbonyl (C=O) groups excluding carboxylic acids is 1. The number of halogens is 2. The summed E-state index contributed by atoms with van der Waals surface area (Å²) in [5.74, 6) is -0.219. The first-order valence-electron chi connectivity index (χ1n) is 7.56. The van der Waals surface area contributed by atoms with Crippen LogP contribution in [-0.2, 0) is 11.8 Å². The molecule has 25 heavy (non-hydrogen) atoms. The highest BCUT2D eigenvalue weighted by Gasteiger charge is 2.17. The van der Waals surface area contributed by atoms with Gasteiger partial charge in [-0.25, -0.2) is 4.98 Å². The van der Waals surface area contributed by atoms with Crippen LogP contribution in [0.15, 0.2) is 30.5 Å². The van der Waals surface area contributed by atoms with Crippen molar-refractivity contribution in [2.24, 2.45) is 7.05 Å². The normalized spacial score (nSPS) is 11.0. The molecule has 3 rings (SSSR count). The zero-order chi connectivity index (χ0) is 18.0. The Bertz CT molecular complexity index is 940. The largest absolute Gasteiger partial charge is 0.383 e. The second-order valence-electron chi connectivity index (χ2n) is 5.43. The number of ether oxygens (including phenoxy) is 1. The minimum Gasteiger partial charge on any atom is -0.383 e. The molecule has 1 amide bonds. The molecule has 0 saturated heterocycles. The minimum absolute atomic E-state index is 0.219. The summed E-state index contributed by atoms with van der Waals surface area (Å²) < 4.78 is 6.59. The van der Waals surface area contributed by atoms with Crippen LogP contribution in [-0.4, -0.2) is 40.9 Å². The van der Waals surface area contributed by atoms with Crippen molar-refractivity contribution in [3.05, 3.63) is 46.1 Å². The molecule has 1 aromatic carbocycles. The molecular weight excluding hydrogens is 363 g/mol. The number of aromatic nitrogens is 3. The van der Waals surface area contributed by atoms with Gasteiger partial charge >= 0.3 is 0 Å². The summed E-state index contributed by atoms with van der Waals surface area (Å²) in [4.78, 5) is 17.2. The van der Waals surface area contributed by atoms with Crippen LogP contribution in [0, 0.1) is 0 Å². The van der Waals surface area contributed by atoms with Gasteiger partial charge in [0.2, 0.25) is 0 Å². The van der Waals surface area contributed by atoms with Crippen LogP contribution in [0.1, 0.15) is 10.4 Å². The van der Waals surface area contributed by atoms with E-state index >= 15 is 0 Å². The van der Waals surface area contributed by atoms with Gasteiger partial charge in [-0.15, -0.1) is 0 Å². The number of benzene rings is 1. The summed E-state index contributed by atoms with van der Waals surface area (Å²) in [6.45, 7) is 0.847. The number of amides is 1. The van der Waals surface area contributed by atoms with Crippen LogP contribution in [0.4, 0.5) is 0 Å². The second kappa shape index (κ2) is 7.39. The predicted molar refractivity (Wildman–Crippen MR) is 98.2 cm³/mol. The SMILES string of the molecule is COCCNC(=O)c1cc(-c2ccc(Cl)cc2Cl)nc2c1cnn2C. The molecule has 0 atom stereocenters. The average molecular weight is 379 g/mol. The molecular formula is C17H16Cl2N4O2. The number of pyridine rings is 1. The topological polar surface area (TPSA) is 69.0 Å². The Labute approximate surface area is 154 Å². The molecule has 0 spiro atoms. The second-order valence-corrected chi connectivity index (χ2v) is 6.28. The van der Waals surface area contributed by atoms with Gasteiger partial charge in [-0.3, -0.25) is 9.48 Å². The van der Waals surface area contributed by atoms with Gasteiger partial charge in [-0.2, -0.15) is 5.10 Å². The summed E-state index contributed by atoms with van der Waals surface area (Å²) in [6.07, 6.45) is 1.63. The molecule has 0 aliphatic heterocycles. The van der Waals surface area contributed by atoms with E-state index in [0.717, 1.165) is 0 Å². The van der Waals surface area contributed by atoms with E-state index in [-0.39, 0.29) is 5.91 Å². The van der Waals surface area contributed by atoms with E-state index < -0.39 is 0 Å². The van der Waals surface area contributed by atoms with E-state index in [1.54, 1.807) is 49.3 Å². The lowest BCUT2D eigenvalue weighted by atomic mass is 10.1. The molecule has 0 aliphatic rings. The lowest BCUT2D eigenvalue weighted by Gasteiger charge is -2.10. The van der Waals surface area contributed by atoms with E-state index in [1.165, 1.54) is 0 Å². The Morgan fingerprint density at radius 3 is 2.84 bits per heavy atom. The van der Waals surface area contributed by atoms with Gasteiger partial charge in [-0.05, 0) is 24.3 Å². The summed E-state index contributed by atoms with van der Waals surface area (Å²) in [6, 6.07) is 6.87. The van der Waals surface area contributed by atoms with Crippen molar-refractivity contribution in [1.82, 2.24) is 20.1 Å². The molecule has 2 heterocycles. The summed E-state index contributed by atoms with van der Waals surface area (Å²) >= 11 is 12.3. The minimum atomic E-state index is -0.219. The van der Waals surface area contributed by atoms with Crippen molar-refractivity contribution in [3.63, 3.8) is 0 Å². The highest BCUT2D eigenvalue weighted by atomic mass is 35.5. The molecule has 6 nitrogen and oxygen atoms in total. The lowest BCUT2D eigenvalue weighted by Crippen LogP contribution is -2.27. The lowest BCUT2D eigenvalue weighted by molar-refractivity contribution is 0.0938. The van der Waals surface area contributed by atoms with Crippen molar-refractivity contribution < 1.29 is 9.53 Å². The first-order valence-corrected chi connectivity index (χ1v) is 8.32. The average Bonchev–Trinajstić information content (AvgIpc) is 2.95. The maximum Gasteiger partial charge on any atom is 0.252 e. The third-order valence-corrected chi connectivity index (χ3v) is 4.30. The van der Waals surface area contributed by atoms with Gasteiger partial charge in [-0.1, -0.05) is 23.2 Å². The number of methoxy groups -OCH3 is 1. The fraction of sp³-hybridized carbons (Fsp3) is 0.235. The standard InChI is InChI=1S/C17H16Cl2N4O2/c1-23-16-13(9-21-23)12(17(24)20-5-6-25-2)8-15(22-16)11-4-3-10(18)7-14(11)19/h3-4,7-9H,5-6H2,1-2H3,(H,20,24). The number of fused-ring (bicyclic) bond motifs is 1. The number of aryl methyl sites for hydroxylation is 1. The highest BCUT2D eigenvalue weighted by Crippen LogP contribution is 2.31. The molecule has 0 unspecified atom stereocenters. The Balaban J connectivity index is 2.11. The molecule has 0 radical (unpaired) electrons. The molecule has 0 bridgehead atoms. The first-order chi connectivity index (χ1) is 12.0. The third-order valence-electron chi connectivity index (χ3n) is 3.75. The van der Waals surface area contributed by atoms with Crippen molar-refractivity contribution >= 4 is 40.1 Å². The third kappa shape index (κ3) is 3.61. The Morgan fingerprint density at radius 2 is 2.12 bits per heavy atom. The fourth-order valence-electron chi connectivity index (χ4n) is 2.50. The molecule has 3 aromatic rings. The monoisotopic (exact) mass is 378 g/mol. The van der Waals surface area contributed by atoms with Gasteiger partial charge < -0.3 is 10.1 Å². The highest BCUT2D eigenvalue weighted by molar-refractivity contribution is 6.36. The Hall–Kier alpha value is -2.15. The van der Waals surface area contributed by atoms with Crippen LogP contribution in [0.3, 0.4) is 0 Å². The van der Waals surface area contributed by atoms with Gasteiger partial charge in [0.25, 0.3) is 5.91 Å². The molecule has 130 valence electrons. The zero-order valence-electron chi connectivity index (χ0n) is 13.7. The van der Waals surface area contributed by atoms with Gasteiger partial charge in [0.15, 0.2) is 5.65 Å². The Morgan fingerprint density at radius 1 is 1.32 bits per heavy atom. The van der Waals surface area contributed by atoms with Crippen LogP contribution in [0.25, 0.3) is 22.3 Å². The van der Waals surface area contributed by atoms with E-state index in [2.05, 4.69) is 15.4 Å². The van der Waals surface area contributed by atoms with Crippen molar-refractivity contribution in [3.8, 4) is 11.3 Å². The smallest absolute Gasteiger partial charge is 0.252 e. The number of rotatable bonds is 5. The van der Waals surface area contributed by atoms with Crippen molar-refractivity contribution in [2.45, 2.75) is 0 Å². The van der Waals surface area contributed by atoms with Crippen LogP contribution < -0.4 is 5.32 Å². The number of carbonyl (C=O) groups is 1. The molecule has 0 fully saturated rings. The molecule has 0 aliphatic carbocycles. The molecule has 0 saturated carbocycles. The Kier molecular flexibility index (Phi) is 5.22. The summed E-state index contributed by atoms with van der Waals surface area (Å²) in [7, 11) is 3.35. The summed E-state index contributed by atoms with van der Waals surface area (Å²) in [5.41, 5.74) is 2.35. The number of hydrogen-bond donors (Lipinski definition) is 1. The van der Waals surface area contributed by atoms with E-state index in [0.29, 0.717) is 51.1 Å². The fourth-order valence-corrected chi connectivity index (χ4v) is 3.00. The number of hydrogen-bond acceptors (Lipinski definition) is 4. The van der Waals surface area contributed by atoms with Crippen molar-refractivity contribution in [1.29, 1.82) is 0 Å². The maximum absolute atomic E-state index is 12.6. The number of nitrogens with zero attached hydrogens (tertiary/aromatic N) is 3. The van der Waals surface area contributed by atoms with Gasteiger partial charge in [0.1, 0.15) is 0 Å². The van der Waals surface area contributed by atoms with Crippen LogP contribution >= 0.6 is 23.2 Å². The van der Waals surface area contributed by atoms with Crippen LogP contribution in [0.5, 0.6) is 0 Å². The van der Waals surface area contributed by atoms with Gasteiger partial charge in [0, 0.05) is 31.3 Å². The predicted octanol–water partition coefficient (Wildman–Crippen LogP) is 3.32. The van der Waals surface area contributed by atoms with E-state index in [1.807, 2.05) is 0 Å². The maximum atomic E-state index is 12.6. The van der Waals surface area contributed by atoms with Crippen LogP contribution in [0.2, 0.25) is 10.0 Å². The van der Waals surface area contributed by atoms with E-state index in [9.17, 15) is 4.79 Å². The molecule has 1 N–H and O–H groups in total. The first kappa shape index (κ1) is 17.7. The zero-order valence-corrected chi connectivity index (χ0v) is 15.2. The molecule has 8 heteroatoms. The number of nitrogens with one attached hydrogen (secondary N) is 1. The summed E-state index contributed by atoms with van der Waals surface area (Å²) in [5, 5.41) is 8.70.